The largest absolute Gasteiger partial charge is 0.359 e. The van der Waals surface area contributed by atoms with Crippen LogP contribution in [0.25, 0.3) is 10.9 Å². The van der Waals surface area contributed by atoms with Crippen LogP contribution >= 0.6 is 12.2 Å². The van der Waals surface area contributed by atoms with E-state index in [1.54, 1.807) is 0 Å². The van der Waals surface area contributed by atoms with E-state index in [4.69, 9.17) is 12.2 Å². The molecule has 20 heavy (non-hydrogen) atoms. The highest BCUT2D eigenvalue weighted by Crippen LogP contribution is 2.33. The van der Waals surface area contributed by atoms with Crippen LogP contribution in [0.1, 0.15) is 24.2 Å². The number of hydrogen-bond donors (Lipinski definition) is 2. The molecule has 0 unspecified atom stereocenters. The van der Waals surface area contributed by atoms with Crippen LogP contribution in [0, 0.1) is 0 Å². The van der Waals surface area contributed by atoms with Gasteiger partial charge in [-0.3, -0.25) is 0 Å². The fraction of sp³-hybridized carbons (Fsp3) is 0.312. The maximum Gasteiger partial charge on any atom is 0.169 e. The molecule has 0 spiro atoms. The van der Waals surface area contributed by atoms with Crippen molar-refractivity contribution in [3.8, 4) is 0 Å². The topological polar surface area (TPSA) is 31.1 Å². The lowest BCUT2D eigenvalue weighted by molar-refractivity contribution is 0.311. The van der Waals surface area contributed by atoms with Crippen LogP contribution in [0.2, 0.25) is 0 Å². The van der Waals surface area contributed by atoms with Crippen molar-refractivity contribution in [2.75, 3.05) is 13.1 Å². The van der Waals surface area contributed by atoms with E-state index in [-0.39, 0.29) is 6.04 Å². The number of H-pyrrole nitrogens is 1. The van der Waals surface area contributed by atoms with Gasteiger partial charge in [0.25, 0.3) is 0 Å². The lowest BCUT2D eigenvalue weighted by atomic mass is 9.99. The zero-order valence-electron chi connectivity index (χ0n) is 11.6. The normalized spacial score (nSPS) is 17.9. The van der Waals surface area contributed by atoms with Gasteiger partial charge in [-0.05, 0) is 37.2 Å². The van der Waals surface area contributed by atoms with E-state index in [0.29, 0.717) is 6.54 Å². The summed E-state index contributed by atoms with van der Waals surface area (Å²) in [5.74, 6) is 0. The van der Waals surface area contributed by atoms with E-state index in [2.05, 4.69) is 53.0 Å². The maximum absolute atomic E-state index is 5.48. The molecule has 0 radical (unpaired) electrons. The van der Waals surface area contributed by atoms with E-state index >= 15 is 0 Å². The Bertz CT molecular complexity index is 659. The van der Waals surface area contributed by atoms with E-state index in [9.17, 15) is 0 Å². The van der Waals surface area contributed by atoms with Crippen molar-refractivity contribution >= 4 is 28.2 Å². The lowest BCUT2D eigenvalue weighted by Gasteiger charge is -2.35. The number of nitrogens with zero attached hydrogens (tertiary/aromatic N) is 1. The molecule has 1 aliphatic heterocycles. The van der Waals surface area contributed by atoms with Gasteiger partial charge >= 0.3 is 0 Å². The first-order chi connectivity index (χ1) is 9.72. The summed E-state index contributed by atoms with van der Waals surface area (Å²) in [5, 5.41) is 5.38. The van der Waals surface area contributed by atoms with E-state index in [1.807, 2.05) is 6.08 Å². The highest BCUT2D eigenvalue weighted by atomic mass is 32.1. The van der Waals surface area contributed by atoms with Crippen molar-refractivity contribution in [3.05, 3.63) is 48.2 Å². The van der Waals surface area contributed by atoms with Gasteiger partial charge < -0.3 is 15.2 Å². The Morgan fingerprint density at radius 3 is 3.15 bits per heavy atom. The van der Waals surface area contributed by atoms with Gasteiger partial charge in [0, 0.05) is 29.7 Å². The van der Waals surface area contributed by atoms with Gasteiger partial charge in [-0.15, -0.1) is 6.58 Å². The third kappa shape index (κ3) is 2.10. The number of hydrogen-bond acceptors (Lipinski definition) is 1. The summed E-state index contributed by atoms with van der Waals surface area (Å²) in [6.45, 7) is 7.59. The summed E-state index contributed by atoms with van der Waals surface area (Å²) >= 11 is 5.48. The first-order valence-electron chi connectivity index (χ1n) is 6.97. The number of para-hydroxylation sites is 1. The molecule has 0 amide bonds. The third-order valence-electron chi connectivity index (χ3n) is 3.99. The average Bonchev–Trinajstić information content (AvgIpc) is 2.85. The monoisotopic (exact) mass is 285 g/mol. The van der Waals surface area contributed by atoms with Crippen LogP contribution in [0.4, 0.5) is 0 Å². The Balaban J connectivity index is 1.92. The molecule has 4 heteroatoms. The molecule has 1 aliphatic rings. The summed E-state index contributed by atoms with van der Waals surface area (Å²) in [7, 11) is 0. The summed E-state index contributed by atoms with van der Waals surface area (Å²) in [4.78, 5) is 5.80. The summed E-state index contributed by atoms with van der Waals surface area (Å²) < 4.78 is 0. The molecule has 0 saturated carbocycles. The Hall–Kier alpha value is -1.81. The molecule has 1 aromatic heterocycles. The number of nitrogens with one attached hydrogen (secondary N) is 2. The number of benzene rings is 1. The molecule has 1 aromatic carbocycles. The van der Waals surface area contributed by atoms with Crippen molar-refractivity contribution in [3.63, 3.8) is 0 Å². The number of fused-ring (bicyclic) bond motifs is 3. The molecule has 0 fully saturated rings. The van der Waals surface area contributed by atoms with Crippen molar-refractivity contribution in [1.29, 1.82) is 0 Å². The SMILES string of the molecule is C=CCNC(=S)N1CCc2c([nH]c3ccccc23)[C@H]1C. The summed E-state index contributed by atoms with van der Waals surface area (Å²) in [6, 6.07) is 8.78. The van der Waals surface area contributed by atoms with Crippen LogP contribution < -0.4 is 5.32 Å². The van der Waals surface area contributed by atoms with Gasteiger partial charge in [0.15, 0.2) is 5.11 Å². The molecule has 0 saturated heterocycles. The Morgan fingerprint density at radius 2 is 2.35 bits per heavy atom. The second-order valence-electron chi connectivity index (χ2n) is 5.16. The maximum atomic E-state index is 5.48. The van der Waals surface area contributed by atoms with Crippen molar-refractivity contribution in [2.45, 2.75) is 19.4 Å². The minimum Gasteiger partial charge on any atom is -0.359 e. The van der Waals surface area contributed by atoms with Gasteiger partial charge in [0.1, 0.15) is 0 Å². The third-order valence-corrected chi connectivity index (χ3v) is 4.37. The zero-order chi connectivity index (χ0) is 14.1. The van der Waals surface area contributed by atoms with Gasteiger partial charge in [0.2, 0.25) is 0 Å². The molecule has 0 bridgehead atoms. The zero-order valence-corrected chi connectivity index (χ0v) is 12.5. The minimum absolute atomic E-state index is 0.274. The van der Waals surface area contributed by atoms with E-state index in [1.165, 1.54) is 22.2 Å². The molecule has 2 N–H and O–H groups in total. The van der Waals surface area contributed by atoms with Crippen molar-refractivity contribution in [2.24, 2.45) is 0 Å². The van der Waals surface area contributed by atoms with Crippen LogP contribution in [-0.2, 0) is 6.42 Å². The second kappa shape index (κ2) is 5.29. The summed E-state index contributed by atoms with van der Waals surface area (Å²) in [6.07, 6.45) is 2.86. The quantitative estimate of drug-likeness (QED) is 0.656. The molecule has 0 aliphatic carbocycles. The van der Waals surface area contributed by atoms with Crippen LogP contribution in [0.3, 0.4) is 0 Å². The highest BCUT2D eigenvalue weighted by Gasteiger charge is 2.28. The number of thiocarbonyl (C=S) groups is 1. The van der Waals surface area contributed by atoms with Crippen LogP contribution in [0.15, 0.2) is 36.9 Å². The smallest absolute Gasteiger partial charge is 0.169 e. The predicted octanol–water partition coefficient (Wildman–Crippen LogP) is 3.15. The number of rotatable bonds is 2. The Morgan fingerprint density at radius 1 is 1.55 bits per heavy atom. The fourth-order valence-corrected chi connectivity index (χ4v) is 3.30. The molecule has 2 heterocycles. The standard InChI is InChI=1S/C16H19N3S/c1-3-9-17-16(20)19-10-8-13-12-6-4-5-7-14(12)18-15(13)11(19)2/h3-7,11,18H,1,8-10H2,2H3,(H,17,20)/t11-/m1/s1. The summed E-state index contributed by atoms with van der Waals surface area (Å²) in [5.41, 5.74) is 3.95. The average molecular weight is 285 g/mol. The highest BCUT2D eigenvalue weighted by molar-refractivity contribution is 7.80. The Labute approximate surface area is 124 Å². The molecule has 2 aromatic rings. The first-order valence-corrected chi connectivity index (χ1v) is 7.38. The number of aromatic nitrogens is 1. The van der Waals surface area contributed by atoms with Gasteiger partial charge in [-0.2, -0.15) is 0 Å². The van der Waals surface area contributed by atoms with Crippen molar-refractivity contribution in [1.82, 2.24) is 15.2 Å². The molecular weight excluding hydrogens is 266 g/mol. The van der Waals surface area contributed by atoms with Gasteiger partial charge in [0.05, 0.1) is 6.04 Å². The minimum atomic E-state index is 0.274. The van der Waals surface area contributed by atoms with Crippen molar-refractivity contribution < 1.29 is 0 Å². The number of aromatic amines is 1. The van der Waals surface area contributed by atoms with Gasteiger partial charge in [-0.25, -0.2) is 0 Å². The van der Waals surface area contributed by atoms with E-state index in [0.717, 1.165) is 18.1 Å². The van der Waals surface area contributed by atoms with Crippen LogP contribution in [0.5, 0.6) is 0 Å². The predicted molar refractivity (Wildman–Crippen MR) is 87.9 cm³/mol. The lowest BCUT2D eigenvalue weighted by Crippen LogP contribution is -2.44. The van der Waals surface area contributed by atoms with Crippen LogP contribution in [-0.4, -0.2) is 28.1 Å². The Kier molecular flexibility index (Phi) is 3.49. The first kappa shape index (κ1) is 13.2. The molecule has 1 atom stereocenters. The second-order valence-corrected chi connectivity index (χ2v) is 5.54. The molecule has 104 valence electrons. The molecule has 3 nitrogen and oxygen atoms in total. The van der Waals surface area contributed by atoms with Gasteiger partial charge in [-0.1, -0.05) is 24.3 Å². The fourth-order valence-electron chi connectivity index (χ4n) is 2.97. The van der Waals surface area contributed by atoms with E-state index < -0.39 is 0 Å². The molecule has 3 rings (SSSR count). The molecular formula is C16H19N3S.